The molecular formula is C16H14N2O4. The standard InChI is InChI=1S/C16H14N2O4/c1-21-15-12(7-4-8-17-15)18-14(19)13-9-10-5-2-3-6-11(10)16(20)22-13/h2-8,13H,9H2,1H3,(H,18,19)/t13-/m0/s1. The number of carbonyl (C=O) groups is 2. The smallest absolute Gasteiger partial charge is 0.339 e. The molecule has 1 aromatic heterocycles. The Kier molecular flexibility index (Phi) is 3.74. The molecule has 3 rings (SSSR count). The van der Waals surface area contributed by atoms with Crippen LogP contribution in [0.2, 0.25) is 0 Å². The van der Waals surface area contributed by atoms with E-state index in [0.717, 1.165) is 5.56 Å². The Balaban J connectivity index is 1.78. The molecule has 1 aliphatic rings. The first-order chi connectivity index (χ1) is 10.7. The van der Waals surface area contributed by atoms with Crippen molar-refractivity contribution in [2.75, 3.05) is 12.4 Å². The number of anilines is 1. The molecule has 1 aliphatic heterocycles. The molecule has 0 bridgehead atoms. The summed E-state index contributed by atoms with van der Waals surface area (Å²) in [7, 11) is 1.47. The molecule has 1 aromatic carbocycles. The highest BCUT2D eigenvalue weighted by atomic mass is 16.5. The zero-order valence-corrected chi connectivity index (χ0v) is 11.9. The molecule has 0 spiro atoms. The van der Waals surface area contributed by atoms with Crippen molar-refractivity contribution < 1.29 is 19.1 Å². The van der Waals surface area contributed by atoms with Gasteiger partial charge in [-0.2, -0.15) is 0 Å². The van der Waals surface area contributed by atoms with E-state index in [1.165, 1.54) is 7.11 Å². The Labute approximate surface area is 127 Å². The monoisotopic (exact) mass is 298 g/mol. The molecule has 112 valence electrons. The largest absolute Gasteiger partial charge is 0.480 e. The molecule has 0 aliphatic carbocycles. The molecule has 0 unspecified atom stereocenters. The number of aromatic nitrogens is 1. The van der Waals surface area contributed by atoms with Crippen molar-refractivity contribution in [1.82, 2.24) is 4.98 Å². The van der Waals surface area contributed by atoms with E-state index in [-0.39, 0.29) is 0 Å². The summed E-state index contributed by atoms with van der Waals surface area (Å²) in [6.45, 7) is 0. The molecule has 1 atom stereocenters. The van der Waals surface area contributed by atoms with Crippen LogP contribution in [0.25, 0.3) is 0 Å². The molecule has 1 amide bonds. The average Bonchev–Trinajstić information content (AvgIpc) is 2.55. The quantitative estimate of drug-likeness (QED) is 0.874. The Hall–Kier alpha value is -2.89. The second-order valence-corrected chi connectivity index (χ2v) is 4.80. The van der Waals surface area contributed by atoms with Crippen LogP contribution in [0.15, 0.2) is 42.6 Å². The number of cyclic esters (lactones) is 1. The molecule has 0 radical (unpaired) electrons. The summed E-state index contributed by atoms with van der Waals surface area (Å²) in [6.07, 6.45) is 1.04. The van der Waals surface area contributed by atoms with Crippen LogP contribution >= 0.6 is 0 Å². The number of nitrogens with one attached hydrogen (secondary N) is 1. The van der Waals surface area contributed by atoms with Crippen LogP contribution in [-0.4, -0.2) is 30.1 Å². The third-order valence-corrected chi connectivity index (χ3v) is 3.41. The number of benzene rings is 1. The second-order valence-electron chi connectivity index (χ2n) is 4.80. The van der Waals surface area contributed by atoms with Crippen LogP contribution in [0.3, 0.4) is 0 Å². The number of rotatable bonds is 3. The minimum atomic E-state index is -0.868. The van der Waals surface area contributed by atoms with Gasteiger partial charge in [0.2, 0.25) is 5.88 Å². The fourth-order valence-electron chi connectivity index (χ4n) is 2.34. The number of pyridine rings is 1. The molecule has 2 aromatic rings. The van der Waals surface area contributed by atoms with Crippen LogP contribution in [0.4, 0.5) is 5.69 Å². The molecule has 6 nitrogen and oxygen atoms in total. The van der Waals surface area contributed by atoms with E-state index in [2.05, 4.69) is 10.3 Å². The van der Waals surface area contributed by atoms with E-state index < -0.39 is 18.0 Å². The van der Waals surface area contributed by atoms with Gasteiger partial charge >= 0.3 is 5.97 Å². The van der Waals surface area contributed by atoms with E-state index in [1.807, 2.05) is 12.1 Å². The summed E-state index contributed by atoms with van der Waals surface area (Å²) in [5, 5.41) is 2.68. The van der Waals surface area contributed by atoms with Crippen molar-refractivity contribution >= 4 is 17.6 Å². The third-order valence-electron chi connectivity index (χ3n) is 3.41. The number of hydrogen-bond donors (Lipinski definition) is 1. The number of amides is 1. The number of ether oxygens (including phenoxy) is 2. The van der Waals surface area contributed by atoms with E-state index in [4.69, 9.17) is 9.47 Å². The predicted octanol–water partition coefficient (Wildman–Crippen LogP) is 1.81. The normalized spacial score (nSPS) is 16.4. The van der Waals surface area contributed by atoms with Crippen molar-refractivity contribution in [2.24, 2.45) is 0 Å². The van der Waals surface area contributed by atoms with Gasteiger partial charge in [-0.25, -0.2) is 9.78 Å². The highest BCUT2D eigenvalue weighted by molar-refractivity contribution is 6.00. The van der Waals surface area contributed by atoms with Gasteiger partial charge in [0.1, 0.15) is 5.69 Å². The van der Waals surface area contributed by atoms with Gasteiger partial charge in [-0.1, -0.05) is 18.2 Å². The van der Waals surface area contributed by atoms with E-state index in [0.29, 0.717) is 23.6 Å². The zero-order valence-electron chi connectivity index (χ0n) is 11.9. The fourth-order valence-corrected chi connectivity index (χ4v) is 2.34. The van der Waals surface area contributed by atoms with E-state index in [1.54, 1.807) is 30.5 Å². The summed E-state index contributed by atoms with van der Waals surface area (Å²) in [4.78, 5) is 28.3. The van der Waals surface area contributed by atoms with E-state index >= 15 is 0 Å². The predicted molar refractivity (Wildman–Crippen MR) is 78.8 cm³/mol. The summed E-state index contributed by atoms with van der Waals surface area (Å²) < 4.78 is 10.3. The first-order valence-electron chi connectivity index (χ1n) is 6.78. The molecule has 0 fully saturated rings. The van der Waals surface area contributed by atoms with Crippen molar-refractivity contribution in [3.8, 4) is 5.88 Å². The first kappa shape index (κ1) is 14.1. The Bertz CT molecular complexity index is 730. The fraction of sp³-hybridized carbons (Fsp3) is 0.188. The number of carbonyl (C=O) groups excluding carboxylic acids is 2. The van der Waals surface area contributed by atoms with Crippen LogP contribution in [0.1, 0.15) is 15.9 Å². The van der Waals surface area contributed by atoms with Crippen LogP contribution in [-0.2, 0) is 16.0 Å². The topological polar surface area (TPSA) is 77.5 Å². The Morgan fingerprint density at radius 3 is 2.95 bits per heavy atom. The van der Waals surface area contributed by atoms with Gasteiger partial charge in [0.15, 0.2) is 6.10 Å². The Morgan fingerprint density at radius 2 is 2.14 bits per heavy atom. The summed E-state index contributed by atoms with van der Waals surface area (Å²) in [5.41, 5.74) is 1.74. The molecule has 6 heteroatoms. The van der Waals surface area contributed by atoms with Gasteiger partial charge in [0.25, 0.3) is 5.91 Å². The van der Waals surface area contributed by atoms with Crippen molar-refractivity contribution in [3.05, 3.63) is 53.7 Å². The highest BCUT2D eigenvalue weighted by Gasteiger charge is 2.31. The molecule has 0 saturated carbocycles. The SMILES string of the molecule is COc1ncccc1NC(=O)[C@@H]1Cc2ccccc2C(=O)O1. The Morgan fingerprint density at radius 1 is 1.32 bits per heavy atom. The van der Waals surface area contributed by atoms with Gasteiger partial charge < -0.3 is 14.8 Å². The molecular weight excluding hydrogens is 284 g/mol. The lowest BCUT2D eigenvalue weighted by Crippen LogP contribution is -2.38. The van der Waals surface area contributed by atoms with Gasteiger partial charge in [-0.15, -0.1) is 0 Å². The van der Waals surface area contributed by atoms with Crippen molar-refractivity contribution in [2.45, 2.75) is 12.5 Å². The number of esters is 1. The summed E-state index contributed by atoms with van der Waals surface area (Å²) in [6, 6.07) is 10.5. The van der Waals surface area contributed by atoms with E-state index in [9.17, 15) is 9.59 Å². The van der Waals surface area contributed by atoms with Crippen LogP contribution in [0.5, 0.6) is 5.88 Å². The summed E-state index contributed by atoms with van der Waals surface area (Å²) >= 11 is 0. The van der Waals surface area contributed by atoms with Crippen LogP contribution in [0, 0.1) is 0 Å². The van der Waals surface area contributed by atoms with Gasteiger partial charge in [0, 0.05) is 12.6 Å². The maximum absolute atomic E-state index is 12.3. The summed E-state index contributed by atoms with van der Waals surface area (Å²) in [5.74, 6) is -0.590. The number of fused-ring (bicyclic) bond motifs is 1. The minimum absolute atomic E-state index is 0.304. The maximum Gasteiger partial charge on any atom is 0.339 e. The minimum Gasteiger partial charge on any atom is -0.480 e. The van der Waals surface area contributed by atoms with Gasteiger partial charge in [-0.05, 0) is 23.8 Å². The zero-order chi connectivity index (χ0) is 15.5. The average molecular weight is 298 g/mol. The van der Waals surface area contributed by atoms with Gasteiger partial charge in [-0.3, -0.25) is 4.79 Å². The first-order valence-corrected chi connectivity index (χ1v) is 6.78. The highest BCUT2D eigenvalue weighted by Crippen LogP contribution is 2.24. The number of hydrogen-bond acceptors (Lipinski definition) is 5. The van der Waals surface area contributed by atoms with Crippen molar-refractivity contribution in [1.29, 1.82) is 0 Å². The third kappa shape index (κ3) is 2.63. The molecule has 22 heavy (non-hydrogen) atoms. The molecule has 1 N–H and O–H groups in total. The molecule has 0 saturated heterocycles. The van der Waals surface area contributed by atoms with Crippen LogP contribution < -0.4 is 10.1 Å². The second kappa shape index (κ2) is 5.85. The van der Waals surface area contributed by atoms with Crippen molar-refractivity contribution in [3.63, 3.8) is 0 Å². The lowest BCUT2D eigenvalue weighted by Gasteiger charge is -2.23. The lowest BCUT2D eigenvalue weighted by atomic mass is 9.98. The maximum atomic E-state index is 12.3. The molecule has 2 heterocycles. The van der Waals surface area contributed by atoms with Gasteiger partial charge in [0.05, 0.1) is 12.7 Å². The number of methoxy groups -OCH3 is 1. The lowest BCUT2D eigenvalue weighted by molar-refractivity contribution is -0.125. The number of nitrogens with zero attached hydrogens (tertiary/aromatic N) is 1.